The molecule has 1 amide bonds. The minimum absolute atomic E-state index is 0.292. The van der Waals surface area contributed by atoms with Crippen molar-refractivity contribution < 1.29 is 9.63 Å². The Balaban J connectivity index is 3.39. The summed E-state index contributed by atoms with van der Waals surface area (Å²) in [5, 5.41) is 0. The van der Waals surface area contributed by atoms with Crippen molar-refractivity contribution in [3.05, 3.63) is 24.5 Å². The molecule has 0 aromatic heterocycles. The highest BCUT2D eigenvalue weighted by Crippen LogP contribution is 1.94. The largest absolute Gasteiger partial charge is 0.387 e. The minimum atomic E-state index is -0.292. The Hall–Kier alpha value is -1.25. The second kappa shape index (κ2) is 7.40. The van der Waals surface area contributed by atoms with Gasteiger partial charge in [0.15, 0.2) is 0 Å². The zero-order valence-electron chi connectivity index (χ0n) is 8.30. The molecule has 0 saturated heterocycles. The van der Waals surface area contributed by atoms with E-state index in [4.69, 9.17) is 4.84 Å². The molecule has 74 valence electrons. The van der Waals surface area contributed by atoms with Gasteiger partial charge in [0, 0.05) is 5.57 Å². The molecule has 0 aliphatic heterocycles. The van der Waals surface area contributed by atoms with Crippen LogP contribution in [0.25, 0.3) is 0 Å². The van der Waals surface area contributed by atoms with E-state index in [2.05, 4.69) is 19.0 Å². The average molecular weight is 183 g/mol. The molecule has 0 aliphatic rings. The molecule has 13 heavy (non-hydrogen) atoms. The van der Waals surface area contributed by atoms with E-state index in [0.29, 0.717) is 5.57 Å². The molecule has 3 heteroatoms. The van der Waals surface area contributed by atoms with Crippen LogP contribution in [0.3, 0.4) is 0 Å². The second-order valence-corrected chi connectivity index (χ2v) is 2.84. The first-order valence-corrected chi connectivity index (χ1v) is 4.45. The number of hydrogen-bond acceptors (Lipinski definition) is 2. The Morgan fingerprint density at radius 3 is 2.85 bits per heavy atom. The zero-order chi connectivity index (χ0) is 10.1. The van der Waals surface area contributed by atoms with Crippen LogP contribution in [-0.4, -0.2) is 5.91 Å². The number of amides is 1. The highest BCUT2D eigenvalue weighted by Gasteiger charge is 1.97. The van der Waals surface area contributed by atoms with E-state index in [1.165, 1.54) is 6.26 Å². The Morgan fingerprint density at radius 1 is 1.62 bits per heavy atom. The number of rotatable bonds is 6. The zero-order valence-corrected chi connectivity index (χ0v) is 8.30. The summed E-state index contributed by atoms with van der Waals surface area (Å²) >= 11 is 0. The second-order valence-electron chi connectivity index (χ2n) is 2.84. The molecule has 3 nitrogen and oxygen atoms in total. The SMILES string of the molecule is C=C(C)C(=O)NO/C=C/CCCC. The standard InChI is InChI=1S/C10H17NO2/c1-4-5-6-7-8-13-11-10(12)9(2)3/h7-8H,2,4-6H2,1,3H3,(H,11,12)/b8-7+. The Kier molecular flexibility index (Phi) is 6.69. The summed E-state index contributed by atoms with van der Waals surface area (Å²) in [4.78, 5) is 15.6. The lowest BCUT2D eigenvalue weighted by molar-refractivity contribution is -0.125. The highest BCUT2D eigenvalue weighted by atomic mass is 16.6. The van der Waals surface area contributed by atoms with Gasteiger partial charge in [0.05, 0.1) is 0 Å². The summed E-state index contributed by atoms with van der Waals surface area (Å²) < 4.78 is 0. The number of hydrogen-bond donors (Lipinski definition) is 1. The average Bonchev–Trinajstić information content (AvgIpc) is 2.10. The molecule has 1 N–H and O–H groups in total. The van der Waals surface area contributed by atoms with Gasteiger partial charge in [-0.1, -0.05) is 19.9 Å². The molecule has 0 unspecified atom stereocenters. The summed E-state index contributed by atoms with van der Waals surface area (Å²) in [5.41, 5.74) is 2.67. The quantitative estimate of drug-likeness (QED) is 0.297. The molecule has 0 heterocycles. The third kappa shape index (κ3) is 7.12. The van der Waals surface area contributed by atoms with Crippen molar-refractivity contribution in [2.75, 3.05) is 0 Å². The molecule has 0 bridgehead atoms. The van der Waals surface area contributed by atoms with Crippen molar-refractivity contribution in [2.45, 2.75) is 33.1 Å². The van der Waals surface area contributed by atoms with E-state index < -0.39 is 0 Å². The molecule has 0 spiro atoms. The lowest BCUT2D eigenvalue weighted by atomic mass is 10.2. The highest BCUT2D eigenvalue weighted by molar-refractivity contribution is 5.91. The van der Waals surface area contributed by atoms with Gasteiger partial charge in [-0.3, -0.25) is 4.79 Å². The van der Waals surface area contributed by atoms with Crippen molar-refractivity contribution in [1.29, 1.82) is 0 Å². The molecule has 0 fully saturated rings. The van der Waals surface area contributed by atoms with Gasteiger partial charge in [-0.2, -0.15) is 5.48 Å². The summed E-state index contributed by atoms with van der Waals surface area (Å²) in [7, 11) is 0. The Bertz CT molecular complexity index is 197. The van der Waals surface area contributed by atoms with Crippen LogP contribution in [0.4, 0.5) is 0 Å². The molecule has 0 aliphatic carbocycles. The van der Waals surface area contributed by atoms with Crippen molar-refractivity contribution in [2.24, 2.45) is 0 Å². The van der Waals surface area contributed by atoms with Crippen LogP contribution < -0.4 is 5.48 Å². The van der Waals surface area contributed by atoms with Crippen molar-refractivity contribution in [1.82, 2.24) is 5.48 Å². The predicted octanol–water partition coefficient (Wildman–Crippen LogP) is 2.31. The first-order valence-electron chi connectivity index (χ1n) is 4.45. The molecule has 0 rings (SSSR count). The molecule has 0 aromatic rings. The van der Waals surface area contributed by atoms with E-state index in [0.717, 1.165) is 19.3 Å². The molecular weight excluding hydrogens is 166 g/mol. The number of unbranched alkanes of at least 4 members (excludes halogenated alkanes) is 2. The van der Waals surface area contributed by atoms with E-state index in [9.17, 15) is 4.79 Å². The van der Waals surface area contributed by atoms with Crippen molar-refractivity contribution in [3.8, 4) is 0 Å². The lowest BCUT2D eigenvalue weighted by Gasteiger charge is -2.00. The van der Waals surface area contributed by atoms with E-state index in [-0.39, 0.29) is 5.91 Å². The molecule has 0 radical (unpaired) electrons. The summed E-state index contributed by atoms with van der Waals surface area (Å²) in [6.07, 6.45) is 6.62. The van der Waals surface area contributed by atoms with Crippen LogP contribution in [0.15, 0.2) is 24.5 Å². The monoisotopic (exact) mass is 183 g/mol. The van der Waals surface area contributed by atoms with Gasteiger partial charge in [0.25, 0.3) is 5.91 Å². The Morgan fingerprint density at radius 2 is 2.31 bits per heavy atom. The van der Waals surface area contributed by atoms with Gasteiger partial charge < -0.3 is 4.84 Å². The van der Waals surface area contributed by atoms with E-state index >= 15 is 0 Å². The number of hydroxylamine groups is 1. The Labute approximate surface area is 79.4 Å². The molecule has 0 saturated carbocycles. The van der Waals surface area contributed by atoms with Crippen LogP contribution in [0.1, 0.15) is 33.1 Å². The van der Waals surface area contributed by atoms with Gasteiger partial charge in [0.2, 0.25) is 0 Å². The summed E-state index contributed by atoms with van der Waals surface area (Å²) in [6.45, 7) is 7.21. The molecule has 0 aromatic carbocycles. The third-order valence-electron chi connectivity index (χ3n) is 1.43. The van der Waals surface area contributed by atoms with Gasteiger partial charge >= 0.3 is 0 Å². The predicted molar refractivity (Wildman–Crippen MR) is 52.7 cm³/mol. The summed E-state index contributed by atoms with van der Waals surface area (Å²) in [6, 6.07) is 0. The van der Waals surface area contributed by atoms with Crippen LogP contribution in [0, 0.1) is 0 Å². The van der Waals surface area contributed by atoms with Crippen LogP contribution in [0.5, 0.6) is 0 Å². The normalized spacial score (nSPS) is 10.0. The van der Waals surface area contributed by atoms with Gasteiger partial charge in [-0.05, 0) is 25.8 Å². The number of carbonyl (C=O) groups excluding carboxylic acids is 1. The van der Waals surface area contributed by atoms with Gasteiger partial charge in [0.1, 0.15) is 6.26 Å². The number of carbonyl (C=O) groups is 1. The fraction of sp³-hybridized carbons (Fsp3) is 0.500. The van der Waals surface area contributed by atoms with Gasteiger partial charge in [-0.25, -0.2) is 0 Å². The van der Waals surface area contributed by atoms with Gasteiger partial charge in [-0.15, -0.1) is 0 Å². The number of allylic oxidation sites excluding steroid dienone is 1. The van der Waals surface area contributed by atoms with E-state index in [1.54, 1.807) is 6.92 Å². The molecule has 0 atom stereocenters. The third-order valence-corrected chi connectivity index (χ3v) is 1.43. The minimum Gasteiger partial charge on any atom is -0.387 e. The topological polar surface area (TPSA) is 38.3 Å². The van der Waals surface area contributed by atoms with E-state index in [1.807, 2.05) is 6.08 Å². The maximum atomic E-state index is 10.9. The molecular formula is C10H17NO2. The lowest BCUT2D eigenvalue weighted by Crippen LogP contribution is -2.21. The van der Waals surface area contributed by atoms with Crippen molar-refractivity contribution in [3.63, 3.8) is 0 Å². The maximum Gasteiger partial charge on any atom is 0.278 e. The summed E-state index contributed by atoms with van der Waals surface area (Å²) in [5.74, 6) is -0.292. The van der Waals surface area contributed by atoms with Crippen LogP contribution in [-0.2, 0) is 9.63 Å². The first kappa shape index (κ1) is 11.8. The fourth-order valence-electron chi connectivity index (χ4n) is 0.613. The maximum absolute atomic E-state index is 10.9. The number of nitrogens with one attached hydrogen (secondary N) is 1. The van der Waals surface area contributed by atoms with Crippen LogP contribution >= 0.6 is 0 Å². The van der Waals surface area contributed by atoms with Crippen molar-refractivity contribution >= 4 is 5.91 Å². The fourth-order valence-corrected chi connectivity index (χ4v) is 0.613. The smallest absolute Gasteiger partial charge is 0.278 e. The van der Waals surface area contributed by atoms with Crippen LogP contribution in [0.2, 0.25) is 0 Å². The first-order chi connectivity index (χ1) is 6.18.